The molecular formula is C21H21N5O. The number of nitrogens with zero attached hydrogens (tertiary/aromatic N) is 4. The predicted octanol–water partition coefficient (Wildman–Crippen LogP) is 3.23. The lowest BCUT2D eigenvalue weighted by molar-refractivity contribution is 0.0957. The predicted molar refractivity (Wildman–Crippen MR) is 105 cm³/mol. The molecule has 1 N–H and O–H groups in total. The van der Waals surface area contributed by atoms with Crippen LogP contribution in [0.2, 0.25) is 0 Å². The van der Waals surface area contributed by atoms with Crippen molar-refractivity contribution in [2.45, 2.75) is 13.5 Å². The molecule has 0 atom stereocenters. The second-order valence-electron chi connectivity index (χ2n) is 6.50. The zero-order chi connectivity index (χ0) is 18.8. The molecule has 0 fully saturated rings. The van der Waals surface area contributed by atoms with Crippen molar-refractivity contribution in [2.75, 3.05) is 6.54 Å². The highest BCUT2D eigenvalue weighted by Gasteiger charge is 2.15. The van der Waals surface area contributed by atoms with Gasteiger partial charge >= 0.3 is 0 Å². The van der Waals surface area contributed by atoms with Crippen molar-refractivity contribution in [3.63, 3.8) is 0 Å². The number of hydrogen-bond donors (Lipinski definition) is 1. The van der Waals surface area contributed by atoms with Gasteiger partial charge < -0.3 is 9.88 Å². The molecule has 1 aromatic carbocycles. The second kappa shape index (κ2) is 7.07. The number of carbonyl (C=O) groups excluding carboxylic acids is 1. The summed E-state index contributed by atoms with van der Waals surface area (Å²) in [6.45, 7) is 3.18. The fourth-order valence-electron chi connectivity index (χ4n) is 3.24. The number of carbonyl (C=O) groups is 1. The summed E-state index contributed by atoms with van der Waals surface area (Å²) in [6.07, 6.45) is 7.47. The second-order valence-corrected chi connectivity index (χ2v) is 6.50. The highest BCUT2D eigenvalue weighted by molar-refractivity contribution is 6.05. The van der Waals surface area contributed by atoms with Gasteiger partial charge in [0, 0.05) is 44.3 Å². The van der Waals surface area contributed by atoms with Gasteiger partial charge in [-0.2, -0.15) is 5.10 Å². The Balaban J connectivity index is 1.64. The van der Waals surface area contributed by atoms with Crippen molar-refractivity contribution < 1.29 is 4.79 Å². The van der Waals surface area contributed by atoms with Crippen molar-refractivity contribution in [1.29, 1.82) is 0 Å². The summed E-state index contributed by atoms with van der Waals surface area (Å²) in [6, 6.07) is 12.3. The molecule has 4 aromatic rings. The van der Waals surface area contributed by atoms with E-state index in [4.69, 9.17) is 0 Å². The number of fused-ring (bicyclic) bond motifs is 1. The van der Waals surface area contributed by atoms with E-state index in [9.17, 15) is 4.79 Å². The monoisotopic (exact) mass is 359 g/mol. The lowest BCUT2D eigenvalue weighted by Gasteiger charge is -2.06. The minimum atomic E-state index is -0.0909. The molecule has 0 aliphatic carbocycles. The molecule has 0 saturated heterocycles. The zero-order valence-corrected chi connectivity index (χ0v) is 15.4. The van der Waals surface area contributed by atoms with Crippen LogP contribution in [0.25, 0.3) is 22.2 Å². The summed E-state index contributed by atoms with van der Waals surface area (Å²) in [5.41, 5.74) is 5.68. The molecule has 1 amide bonds. The molecule has 0 aliphatic heterocycles. The number of benzene rings is 1. The number of nitrogens with one attached hydrogen (secondary N) is 1. The summed E-state index contributed by atoms with van der Waals surface area (Å²) in [5.74, 6) is -0.0909. The third-order valence-electron chi connectivity index (χ3n) is 4.56. The van der Waals surface area contributed by atoms with Crippen LogP contribution in [0.3, 0.4) is 0 Å². The molecule has 4 rings (SSSR count). The molecule has 6 heteroatoms. The van der Waals surface area contributed by atoms with E-state index in [1.165, 1.54) is 0 Å². The first-order valence-electron chi connectivity index (χ1n) is 8.95. The SMILES string of the molecule is CCNC(=O)c1cn(Cc2ccc(-c3cnn(C)c3)cc2)c2cccnc12. The maximum atomic E-state index is 12.4. The molecule has 0 saturated carbocycles. The molecule has 0 radical (unpaired) electrons. The average Bonchev–Trinajstić information content (AvgIpc) is 3.27. The van der Waals surface area contributed by atoms with Crippen molar-refractivity contribution in [3.8, 4) is 11.1 Å². The summed E-state index contributed by atoms with van der Waals surface area (Å²) >= 11 is 0. The van der Waals surface area contributed by atoms with E-state index in [0.717, 1.165) is 27.7 Å². The molecule has 0 unspecified atom stereocenters. The van der Waals surface area contributed by atoms with E-state index >= 15 is 0 Å². The van der Waals surface area contributed by atoms with E-state index < -0.39 is 0 Å². The highest BCUT2D eigenvalue weighted by Crippen LogP contribution is 2.22. The number of aromatic nitrogens is 4. The van der Waals surface area contributed by atoms with Gasteiger partial charge in [-0.25, -0.2) is 0 Å². The Morgan fingerprint density at radius 3 is 2.63 bits per heavy atom. The number of rotatable bonds is 5. The van der Waals surface area contributed by atoms with E-state index in [0.29, 0.717) is 18.7 Å². The van der Waals surface area contributed by atoms with Crippen LogP contribution in [0, 0.1) is 0 Å². The van der Waals surface area contributed by atoms with Gasteiger partial charge in [-0.1, -0.05) is 24.3 Å². The Morgan fingerprint density at radius 1 is 1.11 bits per heavy atom. The van der Waals surface area contributed by atoms with Gasteiger partial charge in [0.25, 0.3) is 5.91 Å². The van der Waals surface area contributed by atoms with Crippen LogP contribution in [0.5, 0.6) is 0 Å². The smallest absolute Gasteiger partial charge is 0.255 e. The molecule has 3 heterocycles. The van der Waals surface area contributed by atoms with E-state index in [1.807, 2.05) is 44.7 Å². The minimum Gasteiger partial charge on any atom is -0.352 e. The molecule has 27 heavy (non-hydrogen) atoms. The number of aryl methyl sites for hydroxylation is 1. The lowest BCUT2D eigenvalue weighted by atomic mass is 10.1. The molecule has 136 valence electrons. The molecule has 0 spiro atoms. The minimum absolute atomic E-state index is 0.0909. The maximum absolute atomic E-state index is 12.4. The first kappa shape index (κ1) is 17.0. The van der Waals surface area contributed by atoms with Crippen LogP contribution in [-0.4, -0.2) is 31.8 Å². The molecular weight excluding hydrogens is 338 g/mol. The van der Waals surface area contributed by atoms with Gasteiger partial charge in [0.1, 0.15) is 5.52 Å². The van der Waals surface area contributed by atoms with E-state index in [2.05, 4.69) is 44.2 Å². The van der Waals surface area contributed by atoms with Crippen LogP contribution in [-0.2, 0) is 13.6 Å². The van der Waals surface area contributed by atoms with E-state index in [1.54, 1.807) is 10.9 Å². The van der Waals surface area contributed by atoms with Crippen LogP contribution in [0.4, 0.5) is 0 Å². The molecule has 6 nitrogen and oxygen atoms in total. The van der Waals surface area contributed by atoms with Crippen LogP contribution in [0.15, 0.2) is 61.2 Å². The van der Waals surface area contributed by atoms with Crippen molar-refractivity contribution in [1.82, 2.24) is 24.6 Å². The fraction of sp³-hybridized carbons (Fsp3) is 0.190. The number of amides is 1. The zero-order valence-electron chi connectivity index (χ0n) is 15.4. The first-order chi connectivity index (χ1) is 13.2. The number of hydrogen-bond acceptors (Lipinski definition) is 3. The fourth-order valence-corrected chi connectivity index (χ4v) is 3.24. The van der Waals surface area contributed by atoms with Crippen LogP contribution >= 0.6 is 0 Å². The maximum Gasteiger partial charge on any atom is 0.255 e. The Hall–Kier alpha value is -3.41. The summed E-state index contributed by atoms with van der Waals surface area (Å²) in [4.78, 5) is 16.8. The van der Waals surface area contributed by atoms with Crippen LogP contribution < -0.4 is 5.32 Å². The van der Waals surface area contributed by atoms with Gasteiger partial charge in [0.05, 0.1) is 17.3 Å². The van der Waals surface area contributed by atoms with Gasteiger partial charge in [0.2, 0.25) is 0 Å². The normalized spacial score (nSPS) is 11.0. The van der Waals surface area contributed by atoms with Crippen molar-refractivity contribution in [3.05, 3.63) is 72.3 Å². The number of pyridine rings is 1. The summed E-state index contributed by atoms with van der Waals surface area (Å²) < 4.78 is 3.87. The van der Waals surface area contributed by atoms with Gasteiger partial charge in [0.15, 0.2) is 0 Å². The Bertz CT molecular complexity index is 1090. The lowest BCUT2D eigenvalue weighted by Crippen LogP contribution is -2.22. The molecule has 3 aromatic heterocycles. The highest BCUT2D eigenvalue weighted by atomic mass is 16.1. The standard InChI is InChI=1S/C21H21N5O/c1-3-22-21(27)18-14-26(19-5-4-10-23-20(18)19)12-15-6-8-16(9-7-15)17-11-24-25(2)13-17/h4-11,13-14H,3,12H2,1-2H3,(H,22,27). The third-order valence-corrected chi connectivity index (χ3v) is 4.56. The third kappa shape index (κ3) is 3.33. The summed E-state index contributed by atoms with van der Waals surface area (Å²) in [5, 5.41) is 7.08. The molecule has 0 bridgehead atoms. The largest absolute Gasteiger partial charge is 0.352 e. The topological polar surface area (TPSA) is 64.7 Å². The van der Waals surface area contributed by atoms with Gasteiger partial charge in [-0.3, -0.25) is 14.5 Å². The average molecular weight is 359 g/mol. The first-order valence-corrected chi connectivity index (χ1v) is 8.95. The van der Waals surface area contributed by atoms with Crippen LogP contribution in [0.1, 0.15) is 22.8 Å². The quantitative estimate of drug-likeness (QED) is 0.595. The van der Waals surface area contributed by atoms with Gasteiger partial charge in [-0.05, 0) is 30.2 Å². The molecule has 0 aliphatic rings. The van der Waals surface area contributed by atoms with E-state index in [-0.39, 0.29) is 5.91 Å². The summed E-state index contributed by atoms with van der Waals surface area (Å²) in [7, 11) is 1.91. The van der Waals surface area contributed by atoms with Crippen molar-refractivity contribution >= 4 is 16.9 Å². The Labute approximate surface area is 157 Å². The van der Waals surface area contributed by atoms with Gasteiger partial charge in [-0.15, -0.1) is 0 Å². The van der Waals surface area contributed by atoms with Crippen molar-refractivity contribution in [2.24, 2.45) is 7.05 Å². The Kier molecular flexibility index (Phi) is 4.46. The Morgan fingerprint density at radius 2 is 1.93 bits per heavy atom.